The summed E-state index contributed by atoms with van der Waals surface area (Å²) >= 11 is 0. The Kier molecular flexibility index (Phi) is 6.77. The smallest absolute Gasteiger partial charge is 0.202 e. The van der Waals surface area contributed by atoms with Crippen LogP contribution in [0.15, 0.2) is 106 Å². The molecule has 0 aliphatic carbocycles. The SMILES string of the molecule is COc1ccc2c(c1)c(C(=O)COc1cc(O)c3c(=O)cc(-c4ccccc4)oc3c1)c(C)n2Cc1ccccc1. The van der Waals surface area contributed by atoms with Gasteiger partial charge in [0, 0.05) is 52.5 Å². The number of phenolic OH excluding ortho intramolecular Hbond substituents is 1. The summed E-state index contributed by atoms with van der Waals surface area (Å²) in [5.41, 5.74) is 3.89. The third-order valence-corrected chi connectivity index (χ3v) is 7.20. The van der Waals surface area contributed by atoms with Crippen LogP contribution in [0.5, 0.6) is 17.2 Å². The summed E-state index contributed by atoms with van der Waals surface area (Å²) in [6.45, 7) is 2.24. The molecule has 0 unspecified atom stereocenters. The Labute approximate surface area is 235 Å². The zero-order valence-electron chi connectivity index (χ0n) is 22.6. The Balaban J connectivity index is 1.34. The Bertz CT molecular complexity index is 1960. The molecule has 6 rings (SSSR count). The first-order chi connectivity index (χ1) is 19.9. The number of phenols is 1. The normalized spacial score (nSPS) is 11.2. The molecule has 2 heterocycles. The second-order valence-corrected chi connectivity index (χ2v) is 9.78. The average Bonchev–Trinajstić information content (AvgIpc) is 3.26. The summed E-state index contributed by atoms with van der Waals surface area (Å²) in [6.07, 6.45) is 0. The lowest BCUT2D eigenvalue weighted by molar-refractivity contribution is 0.0922. The van der Waals surface area contributed by atoms with Gasteiger partial charge in [-0.1, -0.05) is 60.7 Å². The largest absolute Gasteiger partial charge is 0.507 e. The highest BCUT2D eigenvalue weighted by atomic mass is 16.5. The van der Waals surface area contributed by atoms with Crippen LogP contribution in [0.2, 0.25) is 0 Å². The molecule has 0 saturated heterocycles. The van der Waals surface area contributed by atoms with Crippen LogP contribution >= 0.6 is 0 Å². The van der Waals surface area contributed by atoms with Gasteiger partial charge in [-0.15, -0.1) is 0 Å². The number of benzene rings is 4. The minimum absolute atomic E-state index is 0.0512. The maximum absolute atomic E-state index is 13.6. The summed E-state index contributed by atoms with van der Waals surface area (Å²) < 4.78 is 19.4. The summed E-state index contributed by atoms with van der Waals surface area (Å²) in [7, 11) is 1.59. The molecule has 41 heavy (non-hydrogen) atoms. The van der Waals surface area contributed by atoms with Gasteiger partial charge >= 0.3 is 0 Å². The summed E-state index contributed by atoms with van der Waals surface area (Å²) in [5.74, 6) is 0.713. The van der Waals surface area contributed by atoms with Crippen LogP contribution in [-0.2, 0) is 6.54 Å². The van der Waals surface area contributed by atoms with Crippen LogP contribution in [0, 0.1) is 6.92 Å². The highest BCUT2D eigenvalue weighted by Gasteiger charge is 2.22. The van der Waals surface area contributed by atoms with Crippen molar-refractivity contribution in [3.05, 3.63) is 124 Å². The summed E-state index contributed by atoms with van der Waals surface area (Å²) in [6, 6.07) is 29.1. The lowest BCUT2D eigenvalue weighted by Crippen LogP contribution is -2.13. The van der Waals surface area contributed by atoms with E-state index in [1.165, 1.54) is 18.2 Å². The van der Waals surface area contributed by atoms with Gasteiger partial charge in [0.05, 0.1) is 7.11 Å². The van der Waals surface area contributed by atoms with Crippen molar-refractivity contribution in [2.45, 2.75) is 13.5 Å². The molecule has 0 aliphatic heterocycles. The molecule has 0 spiro atoms. The zero-order chi connectivity index (χ0) is 28.5. The summed E-state index contributed by atoms with van der Waals surface area (Å²) in [5, 5.41) is 11.4. The first-order valence-corrected chi connectivity index (χ1v) is 13.2. The molecule has 0 saturated carbocycles. The molecule has 2 aromatic heterocycles. The number of nitrogens with zero attached hydrogens (tertiary/aromatic N) is 1. The monoisotopic (exact) mass is 545 g/mol. The van der Waals surface area contributed by atoms with Gasteiger partial charge in [-0.25, -0.2) is 0 Å². The van der Waals surface area contributed by atoms with Crippen molar-refractivity contribution in [3.8, 4) is 28.6 Å². The van der Waals surface area contributed by atoms with E-state index in [4.69, 9.17) is 13.9 Å². The van der Waals surface area contributed by atoms with Crippen LogP contribution in [0.3, 0.4) is 0 Å². The minimum Gasteiger partial charge on any atom is -0.507 e. The number of carbonyl (C=O) groups is 1. The number of aromatic hydroxyl groups is 1. The molecule has 0 amide bonds. The van der Waals surface area contributed by atoms with Crippen molar-refractivity contribution < 1.29 is 23.8 Å². The van der Waals surface area contributed by atoms with Gasteiger partial charge in [0.2, 0.25) is 5.78 Å². The van der Waals surface area contributed by atoms with E-state index in [-0.39, 0.29) is 40.3 Å². The van der Waals surface area contributed by atoms with E-state index in [9.17, 15) is 14.7 Å². The molecule has 6 aromatic rings. The standard InChI is InChI=1S/C34H27NO6/c1-21-33(26-15-24(39-2)13-14-27(26)35(21)19-22-9-5-3-6-10-22)30(38)20-40-25-16-28(36)34-29(37)18-31(41-32(34)17-25)23-11-7-4-8-12-23/h3-18,36H,19-20H2,1-2H3. The van der Waals surface area contributed by atoms with Gasteiger partial charge in [-0.05, 0) is 30.7 Å². The van der Waals surface area contributed by atoms with Crippen molar-refractivity contribution in [1.29, 1.82) is 0 Å². The first-order valence-electron chi connectivity index (χ1n) is 13.2. The number of methoxy groups -OCH3 is 1. The number of Topliss-reactive ketones (excluding diaryl/α,β-unsaturated/α-hetero) is 1. The fraction of sp³-hybridized carbons (Fsp3) is 0.118. The zero-order valence-corrected chi connectivity index (χ0v) is 22.6. The van der Waals surface area contributed by atoms with E-state index in [2.05, 4.69) is 4.57 Å². The third-order valence-electron chi connectivity index (χ3n) is 7.20. The van der Waals surface area contributed by atoms with Gasteiger partial charge in [0.25, 0.3) is 0 Å². The molecule has 0 bridgehead atoms. The lowest BCUT2D eigenvalue weighted by atomic mass is 10.1. The third kappa shape index (κ3) is 4.94. The molecule has 7 heteroatoms. The van der Waals surface area contributed by atoms with Gasteiger partial charge in [-0.3, -0.25) is 9.59 Å². The van der Waals surface area contributed by atoms with E-state index in [0.717, 1.165) is 27.7 Å². The topological polar surface area (TPSA) is 90.9 Å². The van der Waals surface area contributed by atoms with Crippen LogP contribution in [-0.4, -0.2) is 29.2 Å². The predicted octanol–water partition coefficient (Wildman–Crippen LogP) is 6.75. The first kappa shape index (κ1) is 26.0. The second kappa shape index (κ2) is 10.7. The Morgan fingerprint density at radius 1 is 0.902 bits per heavy atom. The van der Waals surface area contributed by atoms with Crippen molar-refractivity contribution in [2.75, 3.05) is 13.7 Å². The highest BCUT2D eigenvalue weighted by Crippen LogP contribution is 2.33. The average molecular weight is 546 g/mol. The van der Waals surface area contributed by atoms with E-state index >= 15 is 0 Å². The van der Waals surface area contributed by atoms with Gasteiger partial charge in [0.1, 0.15) is 34.0 Å². The molecule has 0 radical (unpaired) electrons. The van der Waals surface area contributed by atoms with Gasteiger partial charge in [-0.2, -0.15) is 0 Å². The number of ether oxygens (including phenoxy) is 2. The number of hydrogen-bond donors (Lipinski definition) is 1. The van der Waals surface area contributed by atoms with E-state index in [1.807, 2.05) is 85.8 Å². The molecule has 0 fully saturated rings. The maximum Gasteiger partial charge on any atom is 0.202 e. The number of rotatable bonds is 8. The van der Waals surface area contributed by atoms with Crippen LogP contribution in [0.1, 0.15) is 21.6 Å². The second-order valence-electron chi connectivity index (χ2n) is 9.78. The fourth-order valence-electron chi connectivity index (χ4n) is 5.20. The quantitative estimate of drug-likeness (QED) is 0.213. The lowest BCUT2D eigenvalue weighted by Gasteiger charge is -2.10. The molecule has 0 aliphatic rings. The van der Waals surface area contributed by atoms with Gasteiger partial charge < -0.3 is 23.6 Å². The van der Waals surface area contributed by atoms with E-state index in [1.54, 1.807) is 7.11 Å². The van der Waals surface area contributed by atoms with Crippen molar-refractivity contribution in [1.82, 2.24) is 4.57 Å². The molecule has 1 N–H and O–H groups in total. The van der Waals surface area contributed by atoms with E-state index < -0.39 is 0 Å². The number of aromatic nitrogens is 1. The molecule has 4 aromatic carbocycles. The predicted molar refractivity (Wildman–Crippen MR) is 158 cm³/mol. The van der Waals surface area contributed by atoms with Crippen LogP contribution < -0.4 is 14.9 Å². The molecular weight excluding hydrogens is 518 g/mol. The number of ketones is 1. The molecule has 204 valence electrons. The minimum atomic E-state index is -0.374. The Morgan fingerprint density at radius 2 is 1.63 bits per heavy atom. The molecule has 7 nitrogen and oxygen atoms in total. The highest BCUT2D eigenvalue weighted by molar-refractivity contribution is 6.10. The van der Waals surface area contributed by atoms with Crippen molar-refractivity contribution in [3.63, 3.8) is 0 Å². The molecular formula is C34H27NO6. The number of carbonyl (C=O) groups excluding carboxylic acids is 1. The van der Waals surface area contributed by atoms with Crippen molar-refractivity contribution in [2.24, 2.45) is 0 Å². The van der Waals surface area contributed by atoms with Crippen LogP contribution in [0.4, 0.5) is 0 Å². The van der Waals surface area contributed by atoms with Crippen molar-refractivity contribution >= 4 is 27.7 Å². The number of fused-ring (bicyclic) bond motifs is 2. The van der Waals surface area contributed by atoms with Gasteiger partial charge in [0.15, 0.2) is 12.0 Å². The Morgan fingerprint density at radius 3 is 2.37 bits per heavy atom. The fourth-order valence-corrected chi connectivity index (χ4v) is 5.20. The maximum atomic E-state index is 13.6. The van der Waals surface area contributed by atoms with E-state index in [0.29, 0.717) is 23.6 Å². The summed E-state index contributed by atoms with van der Waals surface area (Å²) in [4.78, 5) is 26.4. The van der Waals surface area contributed by atoms with Crippen LogP contribution in [0.25, 0.3) is 33.2 Å². The number of hydrogen-bond acceptors (Lipinski definition) is 6. The Hall–Kier alpha value is -5.30. The molecule has 0 atom stereocenters.